The summed E-state index contributed by atoms with van der Waals surface area (Å²) in [5, 5.41) is -0.689. The normalized spacial score (nSPS) is 11.1. The second kappa shape index (κ2) is 27.8. The summed E-state index contributed by atoms with van der Waals surface area (Å²) in [7, 11) is -16.3. The lowest BCUT2D eigenvalue weighted by Gasteiger charge is -2.23. The van der Waals surface area contributed by atoms with Crippen LogP contribution in [0.5, 0.6) is 0 Å². The van der Waals surface area contributed by atoms with E-state index in [-0.39, 0.29) is 40.7 Å². The fraction of sp³-hybridized carbons (Fsp3) is 0.250. The van der Waals surface area contributed by atoms with Gasteiger partial charge in [-0.25, -0.2) is 42.5 Å². The van der Waals surface area contributed by atoms with Crippen molar-refractivity contribution in [1.82, 2.24) is 4.90 Å². The average Bonchev–Trinajstić information content (AvgIpc) is 3.21. The maximum atomic E-state index is 13.3. The number of halogens is 7. The van der Waals surface area contributed by atoms with Gasteiger partial charge in [-0.2, -0.15) is 4.31 Å². The lowest BCUT2D eigenvalue weighted by molar-refractivity contribution is -0.113. The maximum absolute atomic E-state index is 13.3. The van der Waals surface area contributed by atoms with Crippen molar-refractivity contribution >= 4 is 114 Å². The van der Waals surface area contributed by atoms with Gasteiger partial charge in [-0.3, -0.25) is 9.59 Å². The molecule has 1 amide bonds. The highest BCUT2D eigenvalue weighted by atomic mass is 35.5. The number of sulfonamides is 1. The van der Waals surface area contributed by atoms with Gasteiger partial charge in [-0.15, -0.1) is 23.2 Å². The Kier molecular flexibility index (Phi) is 26.3. The molecular formula is C40H45Cl5F2N2O10S4. The van der Waals surface area contributed by atoms with Gasteiger partial charge in [0.1, 0.15) is 16.5 Å². The molecule has 23 heteroatoms. The van der Waals surface area contributed by atoms with Crippen LogP contribution in [0, 0.1) is 11.6 Å². The quantitative estimate of drug-likeness (QED) is 0.0708. The van der Waals surface area contributed by atoms with E-state index in [0.29, 0.717) is 0 Å². The van der Waals surface area contributed by atoms with E-state index in [1.54, 1.807) is 0 Å². The summed E-state index contributed by atoms with van der Waals surface area (Å²) in [6.45, 7) is 16.4. The number of amides is 1. The zero-order valence-electron chi connectivity index (χ0n) is 34.4. The van der Waals surface area contributed by atoms with Crippen LogP contribution in [-0.4, -0.2) is 87.2 Å². The summed E-state index contributed by atoms with van der Waals surface area (Å²) in [5.74, 6) is -2.92. The number of hydrogen-bond acceptors (Lipinski definition) is 11. The third kappa shape index (κ3) is 19.7. The number of carbonyl (C=O) groups is 2. The smallest absolute Gasteiger partial charge is 0.272 e. The first-order valence-corrected chi connectivity index (χ1v) is 26.8. The van der Waals surface area contributed by atoms with E-state index >= 15 is 0 Å². The van der Waals surface area contributed by atoms with Crippen LogP contribution >= 0.6 is 58.0 Å². The van der Waals surface area contributed by atoms with Gasteiger partial charge >= 0.3 is 0 Å². The number of anilines is 1. The molecule has 0 bridgehead atoms. The number of sulfone groups is 3. The number of allylic oxidation sites excluding steroid dienone is 1. The Bertz CT molecular complexity index is 2650. The minimum atomic E-state index is -4.69. The molecule has 0 spiro atoms. The zero-order valence-corrected chi connectivity index (χ0v) is 41.5. The third-order valence-corrected chi connectivity index (χ3v) is 14.6. The van der Waals surface area contributed by atoms with Crippen LogP contribution in [-0.2, 0) is 54.9 Å². The Hall–Kier alpha value is -3.43. The largest absolute Gasteiger partial charge is 0.304 e. The van der Waals surface area contributed by atoms with Gasteiger partial charge in [0.05, 0.1) is 36.5 Å². The van der Waals surface area contributed by atoms with Crippen molar-refractivity contribution in [2.45, 2.75) is 46.1 Å². The van der Waals surface area contributed by atoms with Gasteiger partial charge in [0.15, 0.2) is 29.5 Å². The van der Waals surface area contributed by atoms with E-state index in [1.165, 1.54) is 62.1 Å². The molecule has 12 nitrogen and oxygen atoms in total. The zero-order chi connectivity index (χ0) is 48.9. The number of alkyl halides is 2. The topological polar surface area (TPSA) is 177 Å². The van der Waals surface area contributed by atoms with Gasteiger partial charge in [-0.05, 0) is 104 Å². The molecule has 4 rings (SSSR count). The Morgan fingerprint density at radius 2 is 1.02 bits per heavy atom. The minimum Gasteiger partial charge on any atom is -0.304 e. The van der Waals surface area contributed by atoms with Crippen molar-refractivity contribution in [3.63, 3.8) is 0 Å². The van der Waals surface area contributed by atoms with Gasteiger partial charge in [0.2, 0.25) is 5.24 Å². The van der Waals surface area contributed by atoms with Gasteiger partial charge < -0.3 is 4.90 Å². The molecule has 0 aliphatic carbocycles. The van der Waals surface area contributed by atoms with E-state index in [4.69, 9.17) is 58.0 Å². The Labute approximate surface area is 393 Å². The molecule has 0 aliphatic heterocycles. The molecule has 0 fully saturated rings. The predicted molar refractivity (Wildman–Crippen MR) is 249 cm³/mol. The number of hydrogen-bond donors (Lipinski definition) is 0. The molecule has 0 saturated heterocycles. The Morgan fingerprint density at radius 1 is 0.635 bits per heavy atom. The first kappa shape index (κ1) is 59.6. The third-order valence-electron chi connectivity index (χ3n) is 7.72. The van der Waals surface area contributed by atoms with Crippen LogP contribution in [0.1, 0.15) is 26.3 Å². The lowest BCUT2D eigenvalue weighted by Crippen LogP contribution is -2.36. The Morgan fingerprint density at radius 3 is 1.37 bits per heavy atom. The molecule has 0 unspecified atom stereocenters. The molecule has 0 N–H and O–H groups in total. The molecule has 63 heavy (non-hydrogen) atoms. The summed E-state index contributed by atoms with van der Waals surface area (Å²) >= 11 is 26.0. The van der Waals surface area contributed by atoms with Crippen molar-refractivity contribution in [2.24, 2.45) is 0 Å². The average molecular weight is 1060 g/mol. The van der Waals surface area contributed by atoms with Gasteiger partial charge in [0.25, 0.3) is 15.9 Å². The summed E-state index contributed by atoms with van der Waals surface area (Å²) in [5.41, 5.74) is -0.132. The number of benzene rings is 4. The molecule has 0 aliphatic rings. The second-order valence-corrected chi connectivity index (χ2v) is 21.7. The van der Waals surface area contributed by atoms with Crippen molar-refractivity contribution in [3.05, 3.63) is 137 Å². The highest BCUT2D eigenvalue weighted by Crippen LogP contribution is 2.34. The van der Waals surface area contributed by atoms with Crippen molar-refractivity contribution in [2.75, 3.05) is 41.8 Å². The van der Waals surface area contributed by atoms with E-state index in [0.717, 1.165) is 67.1 Å². The van der Waals surface area contributed by atoms with Crippen LogP contribution in [0.25, 0.3) is 0 Å². The number of nitrogens with zero attached hydrogens (tertiary/aromatic N) is 2. The van der Waals surface area contributed by atoms with Gasteiger partial charge in [0, 0.05) is 17.5 Å². The predicted octanol–water partition coefficient (Wildman–Crippen LogP) is 9.35. The van der Waals surface area contributed by atoms with Crippen LogP contribution in [0.15, 0.2) is 130 Å². The van der Waals surface area contributed by atoms with E-state index in [1.807, 2.05) is 0 Å². The summed E-state index contributed by atoms with van der Waals surface area (Å²) in [6.07, 6.45) is 3.54. The molecule has 4 aromatic carbocycles. The number of carbonyl (C=O) groups excluding carboxylic acids is 2. The summed E-state index contributed by atoms with van der Waals surface area (Å²) in [4.78, 5) is 22.4. The van der Waals surface area contributed by atoms with Crippen molar-refractivity contribution in [1.29, 1.82) is 0 Å². The van der Waals surface area contributed by atoms with Crippen LogP contribution < -0.4 is 4.31 Å². The molecular weight excluding hydrogens is 1010 g/mol. The molecule has 0 aromatic heterocycles. The van der Waals surface area contributed by atoms with E-state index in [9.17, 15) is 52.0 Å². The first-order valence-electron chi connectivity index (χ1n) is 17.7. The fourth-order valence-electron chi connectivity index (χ4n) is 4.77. The standard InChI is InChI=1S/C16H13ClFNO5S2.C14H12ClFO4S2.C6H15N.C3H3ClO.CH2Cl2/c1-3-16(20)19(13-9-8-11(18)10-12(13)17)26(23,24)15-7-5-4-6-14(15)25(2,21)22;1-21(17,18)13-4-2-3-5-14(13)22(19,20)9-10-6-7-11(16)8-12(10)15;1-4-7(5-2)6-3;1-2-3(4)5;2-1-3/h3-10H,1H2,2H3;2-8H,9H2,1H3;4-6H2,1-3H3;2H,1H2;1H2. The summed E-state index contributed by atoms with van der Waals surface area (Å²) in [6, 6.07) is 16.3. The monoisotopic (exact) mass is 1050 g/mol. The number of rotatable bonds is 13. The van der Waals surface area contributed by atoms with Crippen LogP contribution in [0.4, 0.5) is 14.5 Å². The second-order valence-electron chi connectivity index (χ2n) is 12.1. The lowest BCUT2D eigenvalue weighted by atomic mass is 10.2. The fourth-order valence-corrected chi connectivity index (χ4v) is 11.5. The van der Waals surface area contributed by atoms with Crippen molar-refractivity contribution < 1.29 is 52.0 Å². The minimum absolute atomic E-state index is 0.0274. The molecule has 0 radical (unpaired) electrons. The Balaban J connectivity index is 0.000000930. The summed E-state index contributed by atoms with van der Waals surface area (Å²) < 4.78 is 125. The first-order chi connectivity index (χ1) is 29.1. The van der Waals surface area contributed by atoms with Crippen LogP contribution in [0.3, 0.4) is 0 Å². The molecule has 0 saturated carbocycles. The molecule has 348 valence electrons. The van der Waals surface area contributed by atoms with Crippen molar-refractivity contribution in [3.8, 4) is 0 Å². The maximum Gasteiger partial charge on any atom is 0.272 e. The van der Waals surface area contributed by atoms with E-state index in [2.05, 4.69) is 38.8 Å². The highest BCUT2D eigenvalue weighted by Gasteiger charge is 2.35. The molecule has 0 atom stereocenters. The van der Waals surface area contributed by atoms with Gasteiger partial charge in [-0.1, -0.05) is 87.5 Å². The highest BCUT2D eigenvalue weighted by molar-refractivity contribution is 7.95. The van der Waals surface area contributed by atoms with E-state index < -0.39 is 77.9 Å². The van der Waals surface area contributed by atoms with Crippen LogP contribution in [0.2, 0.25) is 10.0 Å². The SMILES string of the molecule is C=CC(=O)Cl.C=CC(=O)N(c1ccc(F)cc1Cl)S(=O)(=O)c1ccccc1S(C)(=O)=O.CCN(CC)CC.CS(=O)(=O)c1ccccc1S(=O)(=O)Cc1ccc(F)cc1Cl.ClCCl. The molecule has 0 heterocycles. The molecule has 4 aromatic rings.